The van der Waals surface area contributed by atoms with Gasteiger partial charge >= 0.3 is 0 Å². The van der Waals surface area contributed by atoms with Crippen LogP contribution in [-0.2, 0) is 6.54 Å². The Morgan fingerprint density at radius 3 is 2.63 bits per heavy atom. The largest absolute Gasteiger partial charge is 0.508 e. The summed E-state index contributed by atoms with van der Waals surface area (Å²) in [7, 11) is 0. The number of phenolic OH excluding ortho intramolecular Hbond substituents is 1. The van der Waals surface area contributed by atoms with Gasteiger partial charge in [-0.1, -0.05) is 40.5 Å². The van der Waals surface area contributed by atoms with Crippen LogP contribution in [0.4, 0.5) is 0 Å². The predicted octanol–water partition coefficient (Wildman–Crippen LogP) is 4.66. The summed E-state index contributed by atoms with van der Waals surface area (Å²) in [5.41, 5.74) is 2.90. The van der Waals surface area contributed by atoms with Crippen LogP contribution in [0, 0.1) is 0 Å². The molecule has 1 N–H and O–H groups in total. The van der Waals surface area contributed by atoms with Crippen LogP contribution in [0.2, 0.25) is 10.0 Å². The van der Waals surface area contributed by atoms with Gasteiger partial charge in [0.05, 0.1) is 22.6 Å². The quantitative estimate of drug-likeness (QED) is 0.689. The van der Waals surface area contributed by atoms with Crippen molar-refractivity contribution >= 4 is 23.2 Å². The van der Waals surface area contributed by atoms with Gasteiger partial charge in [0.1, 0.15) is 5.75 Å². The summed E-state index contributed by atoms with van der Waals surface area (Å²) in [6, 6.07) is 12.9. The summed E-state index contributed by atoms with van der Waals surface area (Å²) in [6.07, 6.45) is 4.05. The Bertz CT molecular complexity index is 935. The molecule has 0 spiro atoms. The van der Waals surface area contributed by atoms with E-state index in [4.69, 9.17) is 23.2 Å². The second-order valence-corrected chi connectivity index (χ2v) is 7.74. The Morgan fingerprint density at radius 2 is 1.89 bits per heavy atom. The molecule has 1 aliphatic heterocycles. The third-order valence-corrected chi connectivity index (χ3v) is 5.55. The first-order chi connectivity index (χ1) is 13.1. The number of rotatable bonds is 4. The van der Waals surface area contributed by atoms with Gasteiger partial charge in [0, 0.05) is 11.6 Å². The van der Waals surface area contributed by atoms with Gasteiger partial charge in [-0.25, -0.2) is 4.68 Å². The Kier molecular flexibility index (Phi) is 5.34. The number of hydrogen-bond donors (Lipinski definition) is 1. The number of aromatic nitrogens is 3. The molecule has 3 aromatic rings. The van der Waals surface area contributed by atoms with E-state index in [1.165, 1.54) is 5.56 Å². The lowest BCUT2D eigenvalue weighted by Gasteiger charge is -2.31. The van der Waals surface area contributed by atoms with E-state index in [9.17, 15) is 5.11 Å². The molecule has 5 nitrogen and oxygen atoms in total. The number of aromatic hydroxyl groups is 1. The molecule has 1 aromatic heterocycles. The molecule has 1 fully saturated rings. The van der Waals surface area contributed by atoms with Gasteiger partial charge in [-0.3, -0.25) is 4.90 Å². The molecular formula is C20H20Cl2N4O. The second kappa shape index (κ2) is 7.89. The predicted molar refractivity (Wildman–Crippen MR) is 107 cm³/mol. The monoisotopic (exact) mass is 402 g/mol. The molecular weight excluding hydrogens is 383 g/mol. The standard InChI is InChI=1S/C20H20Cl2N4O/c21-16-4-5-20(19(22)11-16)26-13-17(23-24-26)12-25-8-6-14(7-9-25)15-2-1-3-18(27)10-15/h1-5,10-11,13-14,27H,6-9,12H2. The van der Waals surface area contributed by atoms with E-state index >= 15 is 0 Å². The lowest BCUT2D eigenvalue weighted by Crippen LogP contribution is -2.32. The lowest BCUT2D eigenvalue weighted by atomic mass is 9.89. The highest BCUT2D eigenvalue weighted by molar-refractivity contribution is 6.35. The Labute approximate surface area is 168 Å². The zero-order valence-electron chi connectivity index (χ0n) is 14.7. The van der Waals surface area contributed by atoms with Gasteiger partial charge < -0.3 is 5.11 Å². The van der Waals surface area contributed by atoms with Gasteiger partial charge in [-0.2, -0.15) is 0 Å². The zero-order chi connectivity index (χ0) is 18.8. The summed E-state index contributed by atoms with van der Waals surface area (Å²) in [6.45, 7) is 2.75. The van der Waals surface area contributed by atoms with Crippen molar-refractivity contribution in [2.45, 2.75) is 25.3 Å². The summed E-state index contributed by atoms with van der Waals surface area (Å²) >= 11 is 12.2. The van der Waals surface area contributed by atoms with E-state index in [-0.39, 0.29) is 0 Å². The molecule has 0 amide bonds. The van der Waals surface area contributed by atoms with Crippen molar-refractivity contribution in [1.82, 2.24) is 19.9 Å². The number of halogens is 2. The fourth-order valence-electron chi connectivity index (χ4n) is 3.59. The molecule has 0 radical (unpaired) electrons. The Hall–Kier alpha value is -2.08. The van der Waals surface area contributed by atoms with Crippen molar-refractivity contribution in [3.05, 3.63) is 70.0 Å². The first-order valence-electron chi connectivity index (χ1n) is 8.96. The highest BCUT2D eigenvalue weighted by Gasteiger charge is 2.21. The minimum Gasteiger partial charge on any atom is -0.508 e. The van der Waals surface area contributed by atoms with E-state index in [0.29, 0.717) is 21.7 Å². The number of nitrogens with zero attached hydrogens (tertiary/aromatic N) is 4. The number of hydrogen-bond acceptors (Lipinski definition) is 4. The smallest absolute Gasteiger partial charge is 0.115 e. The average molecular weight is 403 g/mol. The van der Waals surface area contributed by atoms with Crippen molar-refractivity contribution in [2.75, 3.05) is 13.1 Å². The van der Waals surface area contributed by atoms with Crippen LogP contribution in [0.25, 0.3) is 5.69 Å². The van der Waals surface area contributed by atoms with Gasteiger partial charge in [0.25, 0.3) is 0 Å². The molecule has 0 saturated carbocycles. The lowest BCUT2D eigenvalue weighted by molar-refractivity contribution is 0.202. The summed E-state index contributed by atoms with van der Waals surface area (Å²) in [5, 5.41) is 19.3. The first-order valence-corrected chi connectivity index (χ1v) is 9.72. The molecule has 2 aromatic carbocycles. The molecule has 27 heavy (non-hydrogen) atoms. The molecule has 0 atom stereocenters. The third-order valence-electron chi connectivity index (χ3n) is 5.01. The van der Waals surface area contributed by atoms with Crippen molar-refractivity contribution in [3.8, 4) is 11.4 Å². The molecule has 0 aliphatic carbocycles. The maximum absolute atomic E-state index is 9.68. The molecule has 7 heteroatoms. The van der Waals surface area contributed by atoms with Crippen LogP contribution in [0.1, 0.15) is 30.0 Å². The van der Waals surface area contributed by atoms with E-state index in [2.05, 4.69) is 21.3 Å². The molecule has 0 bridgehead atoms. The van der Waals surface area contributed by atoms with Gasteiger partial charge in [0.2, 0.25) is 0 Å². The minimum absolute atomic E-state index is 0.340. The Balaban J connectivity index is 1.38. The molecule has 4 rings (SSSR count). The maximum Gasteiger partial charge on any atom is 0.115 e. The molecule has 1 saturated heterocycles. The fourth-order valence-corrected chi connectivity index (χ4v) is 4.08. The van der Waals surface area contributed by atoms with Gasteiger partial charge in [0.15, 0.2) is 0 Å². The first kappa shape index (κ1) is 18.3. The van der Waals surface area contributed by atoms with Crippen molar-refractivity contribution in [2.24, 2.45) is 0 Å². The van der Waals surface area contributed by atoms with Crippen LogP contribution in [-0.4, -0.2) is 38.1 Å². The Morgan fingerprint density at radius 1 is 1.07 bits per heavy atom. The van der Waals surface area contributed by atoms with E-state index in [0.717, 1.165) is 43.9 Å². The van der Waals surface area contributed by atoms with E-state index < -0.39 is 0 Å². The van der Waals surface area contributed by atoms with Gasteiger partial charge in [-0.05, 0) is 67.7 Å². The SMILES string of the molecule is Oc1cccc(C2CCN(Cc3cn(-c4ccc(Cl)cc4Cl)nn3)CC2)c1. The molecule has 0 unspecified atom stereocenters. The minimum atomic E-state index is 0.340. The van der Waals surface area contributed by atoms with E-state index in [1.54, 1.807) is 22.9 Å². The maximum atomic E-state index is 9.68. The van der Waals surface area contributed by atoms with Crippen LogP contribution >= 0.6 is 23.2 Å². The highest BCUT2D eigenvalue weighted by atomic mass is 35.5. The highest BCUT2D eigenvalue weighted by Crippen LogP contribution is 2.30. The van der Waals surface area contributed by atoms with Crippen molar-refractivity contribution in [3.63, 3.8) is 0 Å². The van der Waals surface area contributed by atoms with Crippen LogP contribution in [0.3, 0.4) is 0 Å². The fraction of sp³-hybridized carbons (Fsp3) is 0.300. The summed E-state index contributed by atoms with van der Waals surface area (Å²) < 4.78 is 1.69. The number of phenols is 1. The number of likely N-dealkylation sites (tertiary alicyclic amines) is 1. The zero-order valence-corrected chi connectivity index (χ0v) is 16.2. The van der Waals surface area contributed by atoms with Gasteiger partial charge in [-0.15, -0.1) is 5.10 Å². The third kappa shape index (κ3) is 4.26. The molecule has 140 valence electrons. The second-order valence-electron chi connectivity index (χ2n) is 6.90. The topological polar surface area (TPSA) is 54.2 Å². The van der Waals surface area contributed by atoms with Crippen LogP contribution in [0.15, 0.2) is 48.7 Å². The van der Waals surface area contributed by atoms with E-state index in [1.807, 2.05) is 24.4 Å². The average Bonchev–Trinajstić information content (AvgIpc) is 3.10. The normalized spacial score (nSPS) is 15.9. The molecule has 1 aliphatic rings. The van der Waals surface area contributed by atoms with Crippen LogP contribution in [0.5, 0.6) is 5.75 Å². The number of benzene rings is 2. The van der Waals surface area contributed by atoms with Crippen molar-refractivity contribution in [1.29, 1.82) is 0 Å². The summed E-state index contributed by atoms with van der Waals surface area (Å²) in [5.74, 6) is 0.837. The van der Waals surface area contributed by atoms with Crippen LogP contribution < -0.4 is 0 Å². The van der Waals surface area contributed by atoms with Crippen molar-refractivity contribution < 1.29 is 5.11 Å². The summed E-state index contributed by atoms with van der Waals surface area (Å²) in [4.78, 5) is 2.39. The molecule has 2 heterocycles. The number of piperidine rings is 1.